The first-order chi connectivity index (χ1) is 8.52. The van der Waals surface area contributed by atoms with E-state index in [0.717, 1.165) is 6.20 Å². The van der Waals surface area contributed by atoms with E-state index in [1.54, 1.807) is 0 Å². The number of pyridine rings is 1. The highest BCUT2D eigenvalue weighted by Gasteiger charge is 2.32. The van der Waals surface area contributed by atoms with Crippen LogP contribution in [0.3, 0.4) is 0 Å². The summed E-state index contributed by atoms with van der Waals surface area (Å²) < 4.78 is 0. The SMILES string of the molecule is O=C(O)c1cnc(Cl)cc1N1CC(CO)CC1=O. The molecule has 1 unspecified atom stereocenters. The van der Waals surface area contributed by atoms with E-state index in [4.69, 9.17) is 21.8 Å². The second-order valence-corrected chi connectivity index (χ2v) is 4.47. The van der Waals surface area contributed by atoms with Gasteiger partial charge < -0.3 is 15.1 Å². The molecule has 1 aliphatic rings. The molecule has 1 saturated heterocycles. The molecule has 7 heteroatoms. The predicted molar refractivity (Wildman–Crippen MR) is 63.8 cm³/mol. The molecule has 0 spiro atoms. The first-order valence-corrected chi connectivity index (χ1v) is 5.70. The summed E-state index contributed by atoms with van der Waals surface area (Å²) in [5, 5.41) is 18.2. The van der Waals surface area contributed by atoms with Crippen LogP contribution in [0.2, 0.25) is 5.15 Å². The van der Waals surface area contributed by atoms with Crippen LogP contribution in [0.1, 0.15) is 16.8 Å². The molecule has 1 aromatic rings. The zero-order chi connectivity index (χ0) is 13.3. The Balaban J connectivity index is 2.41. The van der Waals surface area contributed by atoms with E-state index >= 15 is 0 Å². The van der Waals surface area contributed by atoms with Gasteiger partial charge in [-0.15, -0.1) is 0 Å². The van der Waals surface area contributed by atoms with Crippen molar-refractivity contribution in [1.82, 2.24) is 4.98 Å². The van der Waals surface area contributed by atoms with E-state index in [2.05, 4.69) is 4.98 Å². The Morgan fingerprint density at radius 3 is 2.89 bits per heavy atom. The maximum Gasteiger partial charge on any atom is 0.339 e. The van der Waals surface area contributed by atoms with Crippen LogP contribution in [0, 0.1) is 5.92 Å². The molecule has 1 fully saturated rings. The summed E-state index contributed by atoms with van der Waals surface area (Å²) in [6.07, 6.45) is 1.33. The molecule has 2 N–H and O–H groups in total. The van der Waals surface area contributed by atoms with Crippen molar-refractivity contribution in [2.24, 2.45) is 5.92 Å². The van der Waals surface area contributed by atoms with E-state index in [9.17, 15) is 9.59 Å². The van der Waals surface area contributed by atoms with Gasteiger partial charge in [-0.25, -0.2) is 9.78 Å². The monoisotopic (exact) mass is 270 g/mol. The van der Waals surface area contributed by atoms with Crippen LogP contribution in [0.4, 0.5) is 5.69 Å². The third-order valence-corrected chi connectivity index (χ3v) is 3.04. The van der Waals surface area contributed by atoms with Crippen molar-refractivity contribution in [3.63, 3.8) is 0 Å². The molecule has 6 nitrogen and oxygen atoms in total. The van der Waals surface area contributed by atoms with E-state index in [1.807, 2.05) is 0 Å². The number of halogens is 1. The van der Waals surface area contributed by atoms with Gasteiger partial charge in [-0.1, -0.05) is 11.6 Å². The molecule has 0 bridgehead atoms. The Hall–Kier alpha value is -1.66. The van der Waals surface area contributed by atoms with Crippen molar-refractivity contribution >= 4 is 29.2 Å². The number of anilines is 1. The molecule has 1 aliphatic heterocycles. The van der Waals surface area contributed by atoms with Crippen LogP contribution in [-0.2, 0) is 4.79 Å². The molecule has 1 amide bonds. The van der Waals surface area contributed by atoms with Crippen molar-refractivity contribution in [1.29, 1.82) is 0 Å². The molecule has 2 rings (SSSR count). The average molecular weight is 271 g/mol. The number of hydrogen-bond acceptors (Lipinski definition) is 4. The molecule has 96 valence electrons. The zero-order valence-corrected chi connectivity index (χ0v) is 10.1. The second-order valence-electron chi connectivity index (χ2n) is 4.09. The Morgan fingerprint density at radius 2 is 2.33 bits per heavy atom. The fraction of sp³-hybridized carbons (Fsp3) is 0.364. The number of aliphatic hydroxyl groups excluding tert-OH is 1. The highest BCUT2D eigenvalue weighted by atomic mass is 35.5. The third-order valence-electron chi connectivity index (χ3n) is 2.83. The molecule has 0 saturated carbocycles. The highest BCUT2D eigenvalue weighted by Crippen LogP contribution is 2.29. The first-order valence-electron chi connectivity index (χ1n) is 5.33. The minimum absolute atomic E-state index is 0.0775. The summed E-state index contributed by atoms with van der Waals surface area (Å²) >= 11 is 5.73. The predicted octanol–water partition coefficient (Wildman–Crippen LogP) is 0.778. The lowest BCUT2D eigenvalue weighted by Crippen LogP contribution is -2.27. The Kier molecular flexibility index (Phi) is 3.49. The first kappa shape index (κ1) is 12.8. The van der Waals surface area contributed by atoms with Gasteiger partial charge in [0.15, 0.2) is 0 Å². The Morgan fingerprint density at radius 1 is 1.61 bits per heavy atom. The number of nitrogens with zero attached hydrogens (tertiary/aromatic N) is 2. The molecule has 1 aromatic heterocycles. The number of aliphatic hydroxyl groups is 1. The van der Waals surface area contributed by atoms with Crippen molar-refractivity contribution in [2.45, 2.75) is 6.42 Å². The van der Waals surface area contributed by atoms with Crippen LogP contribution in [0.15, 0.2) is 12.3 Å². The summed E-state index contributed by atoms with van der Waals surface area (Å²) in [6.45, 7) is 0.180. The summed E-state index contributed by atoms with van der Waals surface area (Å²) in [5.74, 6) is -1.57. The van der Waals surface area contributed by atoms with E-state index in [0.29, 0.717) is 0 Å². The maximum absolute atomic E-state index is 11.8. The fourth-order valence-electron chi connectivity index (χ4n) is 1.94. The van der Waals surface area contributed by atoms with E-state index in [-0.39, 0.29) is 47.8 Å². The number of rotatable bonds is 3. The molecular weight excluding hydrogens is 260 g/mol. The number of carbonyl (C=O) groups is 2. The normalized spacial score (nSPS) is 19.3. The highest BCUT2D eigenvalue weighted by molar-refractivity contribution is 6.30. The number of aromatic nitrogens is 1. The lowest BCUT2D eigenvalue weighted by Gasteiger charge is -2.18. The fourth-order valence-corrected chi connectivity index (χ4v) is 2.10. The average Bonchev–Trinajstić information content (AvgIpc) is 2.70. The van der Waals surface area contributed by atoms with Gasteiger partial charge in [-0.05, 0) is 0 Å². The van der Waals surface area contributed by atoms with Crippen molar-refractivity contribution in [3.8, 4) is 0 Å². The standard InChI is InChI=1S/C11H11ClN2O4/c12-9-2-8(7(3-13-9)11(17)18)14-4-6(5-15)1-10(14)16/h2-3,6,15H,1,4-5H2,(H,17,18). The number of carboxylic acid groups (broad SMARTS) is 1. The van der Waals surface area contributed by atoms with Crippen LogP contribution >= 0.6 is 11.6 Å². The van der Waals surface area contributed by atoms with Gasteiger partial charge in [0.05, 0.1) is 5.69 Å². The van der Waals surface area contributed by atoms with E-state index in [1.165, 1.54) is 11.0 Å². The quantitative estimate of drug-likeness (QED) is 0.792. The van der Waals surface area contributed by atoms with Gasteiger partial charge in [0, 0.05) is 37.8 Å². The van der Waals surface area contributed by atoms with Gasteiger partial charge in [0.1, 0.15) is 10.7 Å². The van der Waals surface area contributed by atoms with Gasteiger partial charge in [-0.3, -0.25) is 4.79 Å². The summed E-state index contributed by atoms with van der Waals surface area (Å²) in [6, 6.07) is 1.35. The van der Waals surface area contributed by atoms with Crippen LogP contribution in [0.25, 0.3) is 0 Å². The summed E-state index contributed by atoms with van der Waals surface area (Å²) in [5.41, 5.74) is 0.148. The topological polar surface area (TPSA) is 90.7 Å². The van der Waals surface area contributed by atoms with E-state index < -0.39 is 5.97 Å². The number of aromatic carboxylic acids is 1. The van der Waals surface area contributed by atoms with Crippen LogP contribution in [-0.4, -0.2) is 40.2 Å². The largest absolute Gasteiger partial charge is 0.478 e. The van der Waals surface area contributed by atoms with Gasteiger partial charge in [0.2, 0.25) is 5.91 Å². The Labute approximate surface area is 108 Å². The van der Waals surface area contributed by atoms with Gasteiger partial charge in [-0.2, -0.15) is 0 Å². The van der Waals surface area contributed by atoms with Gasteiger partial charge >= 0.3 is 5.97 Å². The Bertz CT molecular complexity index is 506. The summed E-state index contributed by atoms with van der Waals surface area (Å²) in [4.78, 5) is 27.9. The minimum atomic E-state index is -1.17. The van der Waals surface area contributed by atoms with Crippen molar-refractivity contribution < 1.29 is 19.8 Å². The summed E-state index contributed by atoms with van der Waals surface area (Å²) in [7, 11) is 0. The third kappa shape index (κ3) is 2.30. The number of amides is 1. The molecule has 0 aromatic carbocycles. The van der Waals surface area contributed by atoms with Crippen LogP contribution in [0.5, 0.6) is 0 Å². The number of carboxylic acids is 1. The van der Waals surface area contributed by atoms with Gasteiger partial charge in [0.25, 0.3) is 0 Å². The lowest BCUT2D eigenvalue weighted by atomic mass is 10.1. The molecule has 0 aliphatic carbocycles. The second kappa shape index (κ2) is 4.91. The maximum atomic E-state index is 11.8. The lowest BCUT2D eigenvalue weighted by molar-refractivity contribution is -0.117. The number of hydrogen-bond donors (Lipinski definition) is 2. The molecular formula is C11H11ClN2O4. The molecule has 1 atom stereocenters. The number of carbonyl (C=O) groups excluding carboxylic acids is 1. The smallest absolute Gasteiger partial charge is 0.339 e. The zero-order valence-electron chi connectivity index (χ0n) is 9.34. The molecule has 18 heavy (non-hydrogen) atoms. The molecule has 2 heterocycles. The van der Waals surface area contributed by atoms with Crippen LogP contribution < -0.4 is 4.90 Å². The van der Waals surface area contributed by atoms with Crippen molar-refractivity contribution in [2.75, 3.05) is 18.1 Å². The molecule has 0 radical (unpaired) electrons. The minimum Gasteiger partial charge on any atom is -0.478 e. The van der Waals surface area contributed by atoms with Crippen molar-refractivity contribution in [3.05, 3.63) is 23.0 Å².